The highest BCUT2D eigenvalue weighted by atomic mass is 16.1. The summed E-state index contributed by atoms with van der Waals surface area (Å²) in [7, 11) is 1.90. The van der Waals surface area contributed by atoms with Crippen LogP contribution in [0.5, 0.6) is 0 Å². The van der Waals surface area contributed by atoms with E-state index in [4.69, 9.17) is 0 Å². The van der Waals surface area contributed by atoms with Crippen molar-refractivity contribution in [1.29, 1.82) is 0 Å². The molecule has 3 aromatic rings. The molecule has 0 saturated carbocycles. The molecule has 0 aliphatic carbocycles. The molecule has 0 saturated heterocycles. The standard InChI is InChI=1S/C16H15N3O/c1-3-13-14-12(10-20)9-19(2)16(14)18-15(17-13)11-7-5-4-6-8-11/h4-10H,3H2,1-2H3. The van der Waals surface area contributed by atoms with Crippen molar-refractivity contribution in [2.45, 2.75) is 13.3 Å². The number of fused-ring (bicyclic) bond motifs is 1. The number of hydrogen-bond donors (Lipinski definition) is 0. The second-order valence-corrected chi connectivity index (χ2v) is 4.73. The van der Waals surface area contributed by atoms with Gasteiger partial charge in [-0.3, -0.25) is 4.79 Å². The lowest BCUT2D eigenvalue weighted by atomic mass is 10.1. The fraction of sp³-hybridized carbons (Fsp3) is 0.188. The molecular weight excluding hydrogens is 250 g/mol. The van der Waals surface area contributed by atoms with E-state index in [9.17, 15) is 4.79 Å². The van der Waals surface area contributed by atoms with Crippen LogP contribution in [-0.4, -0.2) is 20.8 Å². The van der Waals surface area contributed by atoms with Gasteiger partial charge in [0.25, 0.3) is 0 Å². The molecule has 0 amide bonds. The molecule has 0 spiro atoms. The molecule has 20 heavy (non-hydrogen) atoms. The van der Waals surface area contributed by atoms with E-state index in [1.807, 2.05) is 48.9 Å². The monoisotopic (exact) mass is 265 g/mol. The van der Waals surface area contributed by atoms with Crippen LogP contribution in [0.15, 0.2) is 36.5 Å². The first kappa shape index (κ1) is 12.5. The second kappa shape index (κ2) is 4.89. The van der Waals surface area contributed by atoms with Gasteiger partial charge in [0.1, 0.15) is 5.65 Å². The Bertz CT molecular complexity index is 775. The van der Waals surface area contributed by atoms with Gasteiger partial charge in [-0.1, -0.05) is 37.3 Å². The molecule has 0 fully saturated rings. The van der Waals surface area contributed by atoms with Gasteiger partial charge in [0.2, 0.25) is 0 Å². The lowest BCUT2D eigenvalue weighted by molar-refractivity contribution is 0.112. The van der Waals surface area contributed by atoms with Crippen molar-refractivity contribution >= 4 is 17.3 Å². The Labute approximate surface area is 117 Å². The summed E-state index contributed by atoms with van der Waals surface area (Å²) in [5.74, 6) is 0.702. The Balaban J connectivity index is 2.33. The van der Waals surface area contributed by atoms with Crippen molar-refractivity contribution in [1.82, 2.24) is 14.5 Å². The van der Waals surface area contributed by atoms with E-state index in [2.05, 4.69) is 9.97 Å². The minimum Gasteiger partial charge on any atom is -0.335 e. The predicted octanol–water partition coefficient (Wildman–Crippen LogP) is 3.01. The van der Waals surface area contributed by atoms with Gasteiger partial charge in [0.15, 0.2) is 12.1 Å². The average Bonchev–Trinajstić information content (AvgIpc) is 2.84. The Morgan fingerprint density at radius 2 is 1.95 bits per heavy atom. The van der Waals surface area contributed by atoms with E-state index in [1.54, 1.807) is 6.20 Å². The lowest BCUT2D eigenvalue weighted by Crippen LogP contribution is -1.99. The van der Waals surface area contributed by atoms with E-state index < -0.39 is 0 Å². The minimum atomic E-state index is 0.652. The van der Waals surface area contributed by atoms with E-state index in [1.165, 1.54) is 0 Å². The summed E-state index contributed by atoms with van der Waals surface area (Å²) in [4.78, 5) is 20.4. The SMILES string of the molecule is CCc1nc(-c2ccccc2)nc2c1c(C=O)cn2C. The minimum absolute atomic E-state index is 0.652. The van der Waals surface area contributed by atoms with Gasteiger partial charge in [0.05, 0.1) is 11.1 Å². The molecule has 0 aliphatic rings. The van der Waals surface area contributed by atoms with Crippen molar-refractivity contribution in [3.05, 3.63) is 47.8 Å². The quantitative estimate of drug-likeness (QED) is 0.684. The Hall–Kier alpha value is -2.49. The third kappa shape index (κ3) is 1.90. The number of carbonyl (C=O) groups excluding carboxylic acids is 1. The van der Waals surface area contributed by atoms with Gasteiger partial charge in [-0.15, -0.1) is 0 Å². The molecule has 0 bridgehead atoms. The number of carbonyl (C=O) groups is 1. The fourth-order valence-corrected chi connectivity index (χ4v) is 2.44. The third-order valence-corrected chi connectivity index (χ3v) is 3.41. The number of rotatable bonds is 3. The van der Waals surface area contributed by atoms with Crippen LogP contribution >= 0.6 is 0 Å². The van der Waals surface area contributed by atoms with Crippen LogP contribution in [0.25, 0.3) is 22.4 Å². The summed E-state index contributed by atoms with van der Waals surface area (Å²) in [5, 5.41) is 0.865. The first-order valence-electron chi connectivity index (χ1n) is 6.61. The number of aldehydes is 1. The summed E-state index contributed by atoms with van der Waals surface area (Å²) in [6.07, 6.45) is 3.44. The van der Waals surface area contributed by atoms with Crippen LogP contribution in [-0.2, 0) is 13.5 Å². The molecule has 4 heteroatoms. The Morgan fingerprint density at radius 3 is 2.60 bits per heavy atom. The summed E-state index contributed by atoms with van der Waals surface area (Å²) < 4.78 is 1.88. The Kier molecular flexibility index (Phi) is 3.06. The van der Waals surface area contributed by atoms with Crippen LogP contribution in [0.1, 0.15) is 23.0 Å². The molecule has 3 rings (SSSR count). The highest BCUT2D eigenvalue weighted by molar-refractivity contribution is 5.98. The maximum absolute atomic E-state index is 11.2. The largest absolute Gasteiger partial charge is 0.335 e. The van der Waals surface area contributed by atoms with Crippen LogP contribution < -0.4 is 0 Å². The predicted molar refractivity (Wildman–Crippen MR) is 78.7 cm³/mol. The van der Waals surface area contributed by atoms with E-state index in [0.29, 0.717) is 11.4 Å². The van der Waals surface area contributed by atoms with Gasteiger partial charge < -0.3 is 4.57 Å². The summed E-state index contributed by atoms with van der Waals surface area (Å²) in [6.45, 7) is 2.04. The average molecular weight is 265 g/mol. The molecule has 2 aromatic heterocycles. The third-order valence-electron chi connectivity index (χ3n) is 3.41. The molecule has 0 radical (unpaired) electrons. The fourth-order valence-electron chi connectivity index (χ4n) is 2.44. The van der Waals surface area contributed by atoms with E-state index in [-0.39, 0.29) is 0 Å². The molecule has 0 aliphatic heterocycles. The smallest absolute Gasteiger partial charge is 0.161 e. The van der Waals surface area contributed by atoms with Crippen LogP contribution in [0.3, 0.4) is 0 Å². The van der Waals surface area contributed by atoms with E-state index >= 15 is 0 Å². The van der Waals surface area contributed by atoms with E-state index in [0.717, 1.165) is 35.0 Å². The summed E-state index contributed by atoms with van der Waals surface area (Å²) in [5.41, 5.74) is 3.35. The van der Waals surface area contributed by atoms with Gasteiger partial charge in [-0.05, 0) is 6.42 Å². The van der Waals surface area contributed by atoms with Gasteiger partial charge in [0, 0.05) is 24.4 Å². The highest BCUT2D eigenvalue weighted by Gasteiger charge is 2.15. The number of nitrogens with zero attached hydrogens (tertiary/aromatic N) is 3. The van der Waals surface area contributed by atoms with Crippen LogP contribution in [0.2, 0.25) is 0 Å². The number of aryl methyl sites for hydroxylation is 2. The first-order chi connectivity index (χ1) is 9.74. The topological polar surface area (TPSA) is 47.8 Å². The maximum Gasteiger partial charge on any atom is 0.161 e. The summed E-state index contributed by atoms with van der Waals surface area (Å²) in [6, 6.07) is 9.89. The molecule has 4 nitrogen and oxygen atoms in total. The van der Waals surface area contributed by atoms with Gasteiger partial charge in [-0.2, -0.15) is 0 Å². The number of hydrogen-bond acceptors (Lipinski definition) is 3. The zero-order valence-corrected chi connectivity index (χ0v) is 11.5. The molecular formula is C16H15N3O. The second-order valence-electron chi connectivity index (χ2n) is 4.73. The Morgan fingerprint density at radius 1 is 1.20 bits per heavy atom. The molecule has 0 unspecified atom stereocenters. The number of aromatic nitrogens is 3. The number of benzene rings is 1. The summed E-state index contributed by atoms with van der Waals surface area (Å²) >= 11 is 0. The van der Waals surface area contributed by atoms with Gasteiger partial charge in [-0.25, -0.2) is 9.97 Å². The van der Waals surface area contributed by atoms with Gasteiger partial charge >= 0.3 is 0 Å². The normalized spacial score (nSPS) is 10.9. The highest BCUT2D eigenvalue weighted by Crippen LogP contribution is 2.25. The van der Waals surface area contributed by atoms with Crippen molar-refractivity contribution < 1.29 is 4.79 Å². The van der Waals surface area contributed by atoms with Crippen LogP contribution in [0.4, 0.5) is 0 Å². The maximum atomic E-state index is 11.2. The molecule has 100 valence electrons. The lowest BCUT2D eigenvalue weighted by Gasteiger charge is -2.06. The molecule has 0 N–H and O–H groups in total. The zero-order chi connectivity index (χ0) is 14.1. The zero-order valence-electron chi connectivity index (χ0n) is 11.5. The molecule has 1 aromatic carbocycles. The molecule has 2 heterocycles. The van der Waals surface area contributed by atoms with Crippen molar-refractivity contribution in [2.24, 2.45) is 7.05 Å². The first-order valence-corrected chi connectivity index (χ1v) is 6.61. The van der Waals surface area contributed by atoms with Crippen LogP contribution in [0, 0.1) is 0 Å². The van der Waals surface area contributed by atoms with Crippen molar-refractivity contribution in [3.63, 3.8) is 0 Å². The molecule has 0 atom stereocenters. The van der Waals surface area contributed by atoms with Crippen molar-refractivity contribution in [3.8, 4) is 11.4 Å². The van der Waals surface area contributed by atoms with Crippen molar-refractivity contribution in [2.75, 3.05) is 0 Å².